The van der Waals surface area contributed by atoms with Crippen LogP contribution in [-0.2, 0) is 19.1 Å². The third-order valence-corrected chi connectivity index (χ3v) is 14.7. The molecule has 0 spiro atoms. The topological polar surface area (TPSA) is 185 Å². The number of anilines is 1. The number of halogens is 2. The van der Waals surface area contributed by atoms with Crippen molar-refractivity contribution in [1.29, 1.82) is 0 Å². The second-order valence-electron chi connectivity index (χ2n) is 20.4. The summed E-state index contributed by atoms with van der Waals surface area (Å²) in [5, 5.41) is 8.96. The predicted octanol–water partition coefficient (Wildman–Crippen LogP) is 8.93. The van der Waals surface area contributed by atoms with Gasteiger partial charge in [-0.1, -0.05) is 65.2 Å². The van der Waals surface area contributed by atoms with Gasteiger partial charge in [0, 0.05) is 67.6 Å². The Balaban J connectivity index is 0.762. The first kappa shape index (κ1) is 57.2. The van der Waals surface area contributed by atoms with Gasteiger partial charge in [0.1, 0.15) is 53.2 Å². The lowest BCUT2D eigenvalue weighted by Crippen LogP contribution is -2.56. The Labute approximate surface area is 476 Å². The van der Waals surface area contributed by atoms with Crippen LogP contribution < -0.4 is 19.5 Å². The van der Waals surface area contributed by atoms with Crippen molar-refractivity contribution in [2.45, 2.75) is 71.4 Å². The minimum Gasteiger partial charge on any atom is -0.497 e. The number of aryl methyl sites for hydroxylation is 1. The number of aromatic nitrogens is 3. The Morgan fingerprint density at radius 3 is 2.29 bits per heavy atom. The maximum atomic E-state index is 15.1. The van der Waals surface area contributed by atoms with Gasteiger partial charge in [-0.05, 0) is 94.3 Å². The van der Waals surface area contributed by atoms with Crippen LogP contribution in [0.5, 0.6) is 17.2 Å². The van der Waals surface area contributed by atoms with E-state index in [1.165, 1.54) is 6.20 Å². The molecule has 80 heavy (non-hydrogen) atoms. The number of likely N-dealkylation sites (N-methyl/N-ethyl adjacent to an activating group) is 1. The summed E-state index contributed by atoms with van der Waals surface area (Å²) in [6, 6.07) is 26.3. The first-order chi connectivity index (χ1) is 38.5. The quantitative estimate of drug-likeness (QED) is 0.0808. The summed E-state index contributed by atoms with van der Waals surface area (Å²) in [4.78, 5) is 74.7. The van der Waals surface area contributed by atoms with E-state index in [1.54, 1.807) is 85.8 Å². The Hall–Kier alpha value is -7.45. The number of benzene rings is 4. The number of nitrogens with zero attached hydrogens (tertiary/aromatic N) is 9. The van der Waals surface area contributed by atoms with E-state index in [0.717, 1.165) is 22.3 Å². The molecule has 3 aliphatic heterocycles. The van der Waals surface area contributed by atoms with Gasteiger partial charge in [0.25, 0.3) is 5.91 Å². The molecule has 0 radical (unpaired) electrons. The number of hydrogen-bond donors (Lipinski definition) is 1. The SMILES string of the molecule is COc1ccc(C2=N[C@H](c3ccc(Cl)cc3)[C@H](c3ccc(Cl)cc3)N2C(=O)N2CCN(CCOCCOCCC(=O)N(C)CCN3C[C@H](C)Oc4ccc(C)cc4[C@@H](C)Nc4ccn5ncc(c5n4)C3=O)C(=O)C2)c(OC(C)C)c1. The second-order valence-corrected chi connectivity index (χ2v) is 21.3. The fourth-order valence-corrected chi connectivity index (χ4v) is 10.3. The van der Waals surface area contributed by atoms with Crippen LogP contribution in [0, 0.1) is 6.92 Å². The molecule has 4 aromatic carbocycles. The maximum absolute atomic E-state index is 15.1. The highest BCUT2D eigenvalue weighted by molar-refractivity contribution is 6.30. The van der Waals surface area contributed by atoms with E-state index >= 15 is 4.79 Å². The van der Waals surface area contributed by atoms with Gasteiger partial charge < -0.3 is 48.6 Å². The lowest BCUT2D eigenvalue weighted by Gasteiger charge is -2.38. The van der Waals surface area contributed by atoms with Crippen molar-refractivity contribution in [3.63, 3.8) is 0 Å². The van der Waals surface area contributed by atoms with Gasteiger partial charge in [0.05, 0.1) is 76.5 Å². The summed E-state index contributed by atoms with van der Waals surface area (Å²) in [5.41, 5.74) is 5.06. The lowest BCUT2D eigenvalue weighted by molar-refractivity contribution is -0.135. The number of carbonyl (C=O) groups excluding carboxylic acids is 4. The molecule has 1 N–H and O–H groups in total. The van der Waals surface area contributed by atoms with Crippen LogP contribution >= 0.6 is 23.2 Å². The summed E-state index contributed by atoms with van der Waals surface area (Å²) in [7, 11) is 3.29. The van der Waals surface area contributed by atoms with Crippen LogP contribution in [0.25, 0.3) is 5.65 Å². The molecule has 0 aliphatic carbocycles. The predicted molar refractivity (Wildman–Crippen MR) is 305 cm³/mol. The van der Waals surface area contributed by atoms with Crippen LogP contribution in [0.4, 0.5) is 10.6 Å². The normalized spacial score (nSPS) is 18.6. The summed E-state index contributed by atoms with van der Waals surface area (Å²) < 4.78 is 31.6. The zero-order chi connectivity index (χ0) is 56.6. The molecule has 9 rings (SSSR count). The minimum atomic E-state index is -0.627. The van der Waals surface area contributed by atoms with Crippen LogP contribution in [0.1, 0.15) is 90.4 Å². The van der Waals surface area contributed by atoms with Crippen LogP contribution in [0.15, 0.2) is 108 Å². The van der Waals surface area contributed by atoms with Crippen molar-refractivity contribution >= 4 is 64.3 Å². The average molecular weight is 1130 g/mol. The molecule has 1 fully saturated rings. The molecule has 4 atom stereocenters. The van der Waals surface area contributed by atoms with E-state index < -0.39 is 12.1 Å². The summed E-state index contributed by atoms with van der Waals surface area (Å²) in [5.74, 6) is 2.13. The van der Waals surface area contributed by atoms with Gasteiger partial charge >= 0.3 is 6.03 Å². The molecule has 1 saturated heterocycles. The fraction of sp³-hybridized carbons (Fsp3) is 0.407. The summed E-state index contributed by atoms with van der Waals surface area (Å²) in [6.45, 7) is 12.3. The van der Waals surface area contributed by atoms with Crippen molar-refractivity contribution in [3.05, 3.63) is 147 Å². The van der Waals surface area contributed by atoms with E-state index in [4.69, 9.17) is 56.9 Å². The second kappa shape index (κ2) is 25.8. The van der Waals surface area contributed by atoms with Crippen LogP contribution in [-0.4, -0.2) is 167 Å². The van der Waals surface area contributed by atoms with Gasteiger partial charge in [-0.15, -0.1) is 0 Å². The highest BCUT2D eigenvalue weighted by Gasteiger charge is 2.46. The largest absolute Gasteiger partial charge is 0.497 e. The highest BCUT2D eigenvalue weighted by Crippen LogP contribution is 2.46. The third-order valence-electron chi connectivity index (χ3n) is 14.2. The Bertz CT molecular complexity index is 3210. The summed E-state index contributed by atoms with van der Waals surface area (Å²) >= 11 is 12.7. The fourth-order valence-electron chi connectivity index (χ4n) is 10.0. The van der Waals surface area contributed by atoms with Crippen molar-refractivity contribution in [2.75, 3.05) is 91.7 Å². The number of nitrogens with one attached hydrogen (secondary N) is 1. The third kappa shape index (κ3) is 13.4. The Morgan fingerprint density at radius 1 is 0.850 bits per heavy atom. The van der Waals surface area contributed by atoms with Gasteiger partial charge in [-0.3, -0.25) is 24.3 Å². The number of carbonyl (C=O) groups is 4. The lowest BCUT2D eigenvalue weighted by atomic mass is 9.93. The van der Waals surface area contributed by atoms with E-state index in [2.05, 4.69) is 16.5 Å². The monoisotopic (exact) mass is 1130 g/mol. The highest BCUT2D eigenvalue weighted by atomic mass is 35.5. The van der Waals surface area contributed by atoms with E-state index in [0.29, 0.717) is 68.8 Å². The molecular formula is C59H68Cl2N10O9. The standard InChI is InChI=1S/C59H68Cl2N10O9/c1-37(2)79-50-33-45(76-7)17-18-46(50)57-65-54(41-9-13-43(60)14-10-41)55(42-11-15-44(61)16-12-42)71(57)59(75)69-26-25-67(53(73)36-69)27-29-78-31-30-77-28-21-52(72)66(6)23-24-68-35-39(4)80-49-19-8-38(3)32-47(49)40(5)63-51-20-22-70-56(64-51)48(34-62-70)58(68)74/h8-20,22,32-34,37,39-40,54-55H,21,23-31,35-36H2,1-7H3,(H,63,64)/t39-,40+,54+,55-/m0/s1. The summed E-state index contributed by atoms with van der Waals surface area (Å²) in [6.07, 6.45) is 2.84. The smallest absolute Gasteiger partial charge is 0.326 e. The number of ether oxygens (including phenoxy) is 5. The number of fused-ring (bicyclic) bond motifs is 2. The van der Waals surface area contributed by atoms with Gasteiger partial charge in [-0.2, -0.15) is 5.10 Å². The molecular weight excluding hydrogens is 1060 g/mol. The number of methoxy groups -OCH3 is 1. The zero-order valence-corrected chi connectivity index (χ0v) is 47.7. The maximum Gasteiger partial charge on any atom is 0.326 e. The number of hydrogen-bond acceptors (Lipinski definition) is 13. The molecule has 5 heterocycles. The molecule has 5 amide bonds. The van der Waals surface area contributed by atoms with Gasteiger partial charge in [0.2, 0.25) is 11.8 Å². The molecule has 2 bridgehead atoms. The number of aliphatic imine (C=N–C) groups is 1. The van der Waals surface area contributed by atoms with Gasteiger partial charge in [0.15, 0.2) is 5.65 Å². The number of rotatable bonds is 18. The first-order valence-corrected chi connectivity index (χ1v) is 27.7. The molecule has 21 heteroatoms. The molecule has 6 aromatic rings. The molecule has 422 valence electrons. The number of urea groups is 1. The van der Waals surface area contributed by atoms with Crippen LogP contribution in [0.2, 0.25) is 10.0 Å². The van der Waals surface area contributed by atoms with Crippen molar-refractivity contribution in [2.24, 2.45) is 4.99 Å². The van der Waals surface area contributed by atoms with Crippen molar-refractivity contribution in [3.8, 4) is 17.2 Å². The van der Waals surface area contributed by atoms with E-state index in [9.17, 15) is 14.4 Å². The zero-order valence-electron chi connectivity index (χ0n) is 46.1. The Morgan fingerprint density at radius 2 is 1.57 bits per heavy atom. The van der Waals surface area contributed by atoms with E-state index in [1.807, 2.05) is 83.1 Å². The molecule has 3 aliphatic rings. The number of amides is 5. The Kier molecular flexibility index (Phi) is 18.4. The molecule has 0 saturated carbocycles. The van der Waals surface area contributed by atoms with Crippen LogP contribution in [0.3, 0.4) is 0 Å². The van der Waals surface area contributed by atoms with Crippen molar-refractivity contribution < 1.29 is 42.9 Å². The van der Waals surface area contributed by atoms with E-state index in [-0.39, 0.29) is 108 Å². The first-order valence-electron chi connectivity index (χ1n) is 26.9. The number of amidine groups is 1. The molecule has 2 aromatic heterocycles. The van der Waals surface area contributed by atoms with Gasteiger partial charge in [-0.25, -0.2) is 14.3 Å². The average Bonchev–Trinajstić information content (AvgIpc) is 4.23. The molecule has 0 unspecified atom stereocenters. The minimum absolute atomic E-state index is 0.129. The van der Waals surface area contributed by atoms with Crippen molar-refractivity contribution in [1.82, 2.24) is 39.1 Å². The number of piperazine rings is 1. The molecule has 19 nitrogen and oxygen atoms in total.